The zero-order valence-electron chi connectivity index (χ0n) is 14.9. The molecule has 0 saturated carbocycles. The Hall–Kier alpha value is -2.66. The number of aromatic nitrogens is 2. The van der Waals surface area contributed by atoms with Gasteiger partial charge in [-0.2, -0.15) is 0 Å². The molecule has 0 N–H and O–H groups in total. The summed E-state index contributed by atoms with van der Waals surface area (Å²) in [7, 11) is 1.67. The van der Waals surface area contributed by atoms with Crippen LogP contribution in [0.4, 0.5) is 0 Å². The summed E-state index contributed by atoms with van der Waals surface area (Å²) in [5.74, 6) is 0.853. The number of benzene rings is 1. The van der Waals surface area contributed by atoms with E-state index in [1.54, 1.807) is 17.6 Å². The summed E-state index contributed by atoms with van der Waals surface area (Å²) in [4.78, 5) is 19.2. The topological polar surface area (TPSA) is 46.8 Å². The molecular formula is C20H23N3O2. The zero-order chi connectivity index (χ0) is 17.8. The van der Waals surface area contributed by atoms with Gasteiger partial charge in [-0.3, -0.25) is 14.1 Å². The quantitative estimate of drug-likeness (QED) is 0.694. The molecule has 0 atom stereocenters. The number of aryl methyl sites for hydroxylation is 1. The lowest BCUT2D eigenvalue weighted by Gasteiger charge is -2.20. The fourth-order valence-corrected chi connectivity index (χ4v) is 2.84. The standard InChI is InChI=1S/C20H23N3O2/c1-4-22(13-16-6-8-18(25-3)9-7-16)14-17-11-20(24)23-12-15(2)5-10-19(23)21-17/h5-12H,4,13-14H2,1-3H3. The molecule has 0 aliphatic rings. The van der Waals surface area contributed by atoms with Gasteiger partial charge in [-0.15, -0.1) is 0 Å². The maximum atomic E-state index is 12.3. The Morgan fingerprint density at radius 3 is 2.56 bits per heavy atom. The molecule has 130 valence electrons. The van der Waals surface area contributed by atoms with E-state index in [0.29, 0.717) is 12.2 Å². The zero-order valence-corrected chi connectivity index (χ0v) is 14.9. The van der Waals surface area contributed by atoms with Crippen LogP contribution in [0.2, 0.25) is 0 Å². The number of rotatable bonds is 6. The summed E-state index contributed by atoms with van der Waals surface area (Å²) in [6.45, 7) is 6.40. The van der Waals surface area contributed by atoms with Crippen molar-refractivity contribution < 1.29 is 4.74 Å². The first-order valence-corrected chi connectivity index (χ1v) is 8.43. The molecule has 2 heterocycles. The van der Waals surface area contributed by atoms with Crippen LogP contribution in [0.3, 0.4) is 0 Å². The Morgan fingerprint density at radius 1 is 1.12 bits per heavy atom. The lowest BCUT2D eigenvalue weighted by molar-refractivity contribution is 0.268. The van der Waals surface area contributed by atoms with Crippen molar-refractivity contribution in [2.75, 3.05) is 13.7 Å². The highest BCUT2D eigenvalue weighted by Gasteiger charge is 2.09. The molecule has 0 radical (unpaired) electrons. The van der Waals surface area contributed by atoms with E-state index in [1.165, 1.54) is 5.56 Å². The number of nitrogens with zero attached hydrogens (tertiary/aromatic N) is 3. The predicted molar refractivity (Wildman–Crippen MR) is 99.0 cm³/mol. The van der Waals surface area contributed by atoms with E-state index >= 15 is 0 Å². The van der Waals surface area contributed by atoms with Crippen LogP contribution < -0.4 is 10.3 Å². The van der Waals surface area contributed by atoms with Crippen molar-refractivity contribution in [3.05, 3.63) is 75.8 Å². The second-order valence-corrected chi connectivity index (χ2v) is 6.17. The Kier molecular flexibility index (Phi) is 5.14. The number of methoxy groups -OCH3 is 1. The highest BCUT2D eigenvalue weighted by atomic mass is 16.5. The summed E-state index contributed by atoms with van der Waals surface area (Å²) < 4.78 is 6.79. The van der Waals surface area contributed by atoms with E-state index in [9.17, 15) is 4.79 Å². The van der Waals surface area contributed by atoms with Gasteiger partial charge in [0, 0.05) is 25.4 Å². The third kappa shape index (κ3) is 4.06. The molecule has 0 aliphatic carbocycles. The van der Waals surface area contributed by atoms with Gasteiger partial charge in [-0.25, -0.2) is 4.98 Å². The molecule has 0 spiro atoms. The lowest BCUT2D eigenvalue weighted by Crippen LogP contribution is -2.25. The van der Waals surface area contributed by atoms with Crippen molar-refractivity contribution in [1.29, 1.82) is 0 Å². The third-order valence-electron chi connectivity index (χ3n) is 4.26. The molecule has 0 unspecified atom stereocenters. The van der Waals surface area contributed by atoms with E-state index in [0.717, 1.165) is 30.1 Å². The van der Waals surface area contributed by atoms with Crippen molar-refractivity contribution >= 4 is 5.65 Å². The lowest BCUT2D eigenvalue weighted by atomic mass is 10.2. The largest absolute Gasteiger partial charge is 0.497 e. The molecule has 2 aromatic heterocycles. The predicted octanol–water partition coefficient (Wildman–Crippen LogP) is 3.03. The smallest absolute Gasteiger partial charge is 0.258 e. The van der Waals surface area contributed by atoms with Gasteiger partial charge in [-0.1, -0.05) is 25.1 Å². The number of hydrogen-bond donors (Lipinski definition) is 0. The van der Waals surface area contributed by atoms with Gasteiger partial charge < -0.3 is 4.74 Å². The molecule has 0 bridgehead atoms. The van der Waals surface area contributed by atoms with Crippen LogP contribution in [0.15, 0.2) is 53.5 Å². The normalized spacial score (nSPS) is 11.2. The van der Waals surface area contributed by atoms with Crippen LogP contribution in [0.5, 0.6) is 5.75 Å². The molecule has 3 aromatic rings. The Bertz CT molecular complexity index is 916. The van der Waals surface area contributed by atoms with E-state index in [-0.39, 0.29) is 5.56 Å². The Labute approximate surface area is 147 Å². The first kappa shape index (κ1) is 17.2. The van der Waals surface area contributed by atoms with Crippen LogP contribution >= 0.6 is 0 Å². The molecule has 0 saturated heterocycles. The van der Waals surface area contributed by atoms with Gasteiger partial charge in [0.2, 0.25) is 0 Å². The summed E-state index contributed by atoms with van der Waals surface area (Å²) >= 11 is 0. The number of ether oxygens (including phenoxy) is 1. The second kappa shape index (κ2) is 7.49. The van der Waals surface area contributed by atoms with E-state index in [2.05, 4.69) is 28.9 Å². The fraction of sp³-hybridized carbons (Fsp3) is 0.300. The van der Waals surface area contributed by atoms with Crippen LogP contribution in [0.25, 0.3) is 5.65 Å². The molecule has 25 heavy (non-hydrogen) atoms. The summed E-state index contributed by atoms with van der Waals surface area (Å²) in [5, 5.41) is 0. The van der Waals surface area contributed by atoms with Gasteiger partial charge in [-0.05, 0) is 42.8 Å². The monoisotopic (exact) mass is 337 g/mol. The highest BCUT2D eigenvalue weighted by molar-refractivity contribution is 5.40. The molecule has 3 rings (SSSR count). The molecule has 5 nitrogen and oxygen atoms in total. The van der Waals surface area contributed by atoms with E-state index < -0.39 is 0 Å². The molecule has 1 aromatic carbocycles. The number of hydrogen-bond acceptors (Lipinski definition) is 4. The molecule has 0 aliphatic heterocycles. The maximum absolute atomic E-state index is 12.3. The first-order chi connectivity index (χ1) is 12.1. The maximum Gasteiger partial charge on any atom is 0.258 e. The van der Waals surface area contributed by atoms with Gasteiger partial charge in [0.25, 0.3) is 5.56 Å². The minimum absolute atomic E-state index is 0.0378. The minimum Gasteiger partial charge on any atom is -0.497 e. The minimum atomic E-state index is -0.0378. The number of pyridine rings is 1. The van der Waals surface area contributed by atoms with Crippen LogP contribution in [-0.4, -0.2) is 27.9 Å². The molecule has 0 amide bonds. The van der Waals surface area contributed by atoms with Crippen molar-refractivity contribution in [3.8, 4) is 5.75 Å². The van der Waals surface area contributed by atoms with E-state index in [1.807, 2.05) is 37.4 Å². The first-order valence-electron chi connectivity index (χ1n) is 8.43. The summed E-state index contributed by atoms with van der Waals surface area (Å²) in [6.07, 6.45) is 1.82. The van der Waals surface area contributed by atoms with Gasteiger partial charge in [0.1, 0.15) is 11.4 Å². The van der Waals surface area contributed by atoms with E-state index in [4.69, 9.17) is 4.74 Å². The van der Waals surface area contributed by atoms with Crippen LogP contribution in [0, 0.1) is 6.92 Å². The molecule has 0 fully saturated rings. The van der Waals surface area contributed by atoms with Crippen LogP contribution in [-0.2, 0) is 13.1 Å². The van der Waals surface area contributed by atoms with Gasteiger partial charge in [0.05, 0.1) is 12.8 Å². The van der Waals surface area contributed by atoms with Gasteiger partial charge in [0.15, 0.2) is 0 Å². The fourth-order valence-electron chi connectivity index (χ4n) is 2.84. The van der Waals surface area contributed by atoms with Crippen molar-refractivity contribution in [2.45, 2.75) is 26.9 Å². The van der Waals surface area contributed by atoms with Crippen molar-refractivity contribution in [3.63, 3.8) is 0 Å². The average molecular weight is 337 g/mol. The van der Waals surface area contributed by atoms with Gasteiger partial charge >= 0.3 is 0 Å². The Balaban J connectivity index is 1.80. The average Bonchev–Trinajstić information content (AvgIpc) is 2.62. The molecule has 5 heteroatoms. The van der Waals surface area contributed by atoms with Crippen molar-refractivity contribution in [1.82, 2.24) is 14.3 Å². The van der Waals surface area contributed by atoms with Crippen LogP contribution in [0.1, 0.15) is 23.7 Å². The van der Waals surface area contributed by atoms with Crippen molar-refractivity contribution in [2.24, 2.45) is 0 Å². The Morgan fingerprint density at radius 2 is 1.88 bits per heavy atom. The summed E-state index contributed by atoms with van der Waals surface area (Å²) in [6, 6.07) is 13.5. The SMILES string of the molecule is CCN(Cc1ccc(OC)cc1)Cc1cc(=O)n2cc(C)ccc2n1. The highest BCUT2D eigenvalue weighted by Crippen LogP contribution is 2.14. The second-order valence-electron chi connectivity index (χ2n) is 6.17. The summed E-state index contributed by atoms with van der Waals surface area (Å²) in [5.41, 5.74) is 3.69. The molecular weight excluding hydrogens is 314 g/mol. The number of fused-ring (bicyclic) bond motifs is 1. The third-order valence-corrected chi connectivity index (χ3v) is 4.26.